The molecule has 23 heavy (non-hydrogen) atoms. The van der Waals surface area contributed by atoms with E-state index >= 15 is 0 Å². The molecule has 1 aromatic rings. The number of carboxylic acid groups (broad SMARTS) is 1. The van der Waals surface area contributed by atoms with Gasteiger partial charge in [0.15, 0.2) is 5.78 Å². The first-order valence-corrected chi connectivity index (χ1v) is 7.68. The van der Waals surface area contributed by atoms with Crippen molar-refractivity contribution in [3.8, 4) is 11.5 Å². The van der Waals surface area contributed by atoms with Crippen LogP contribution in [-0.2, 0) is 4.79 Å². The lowest BCUT2D eigenvalue weighted by molar-refractivity contribution is -0.153. The summed E-state index contributed by atoms with van der Waals surface area (Å²) in [7, 11) is 3.06. The van der Waals surface area contributed by atoms with E-state index in [-0.39, 0.29) is 11.7 Å². The largest absolute Gasteiger partial charge is 0.497 e. The number of carboxylic acids is 1. The minimum Gasteiger partial charge on any atom is -0.497 e. The van der Waals surface area contributed by atoms with Crippen LogP contribution in [0.25, 0.3) is 0 Å². The third-order valence-electron chi connectivity index (χ3n) is 5.69. The predicted molar refractivity (Wildman–Crippen MR) is 86.1 cm³/mol. The van der Waals surface area contributed by atoms with E-state index in [0.29, 0.717) is 29.9 Å². The van der Waals surface area contributed by atoms with Crippen molar-refractivity contribution in [3.05, 3.63) is 23.8 Å². The van der Waals surface area contributed by atoms with Crippen LogP contribution in [-0.4, -0.2) is 31.1 Å². The first-order valence-electron chi connectivity index (χ1n) is 7.68. The van der Waals surface area contributed by atoms with Crippen LogP contribution in [0, 0.1) is 16.7 Å². The molecule has 1 aliphatic rings. The topological polar surface area (TPSA) is 72.8 Å². The second-order valence-corrected chi connectivity index (χ2v) is 6.88. The summed E-state index contributed by atoms with van der Waals surface area (Å²) in [4.78, 5) is 24.7. The highest BCUT2D eigenvalue weighted by Gasteiger charge is 2.58. The van der Waals surface area contributed by atoms with Crippen molar-refractivity contribution in [2.75, 3.05) is 14.2 Å². The van der Waals surface area contributed by atoms with Crippen LogP contribution in [0.2, 0.25) is 0 Å². The fourth-order valence-corrected chi connectivity index (χ4v) is 3.53. The zero-order valence-corrected chi connectivity index (χ0v) is 14.3. The van der Waals surface area contributed by atoms with E-state index in [9.17, 15) is 14.7 Å². The zero-order valence-electron chi connectivity index (χ0n) is 14.3. The van der Waals surface area contributed by atoms with Gasteiger partial charge in [-0.05, 0) is 37.3 Å². The molecule has 0 spiro atoms. The predicted octanol–water partition coefficient (Wildman–Crippen LogP) is 3.41. The number of benzene rings is 1. The molecule has 1 aromatic carbocycles. The van der Waals surface area contributed by atoms with Gasteiger partial charge in [0.1, 0.15) is 11.5 Å². The summed E-state index contributed by atoms with van der Waals surface area (Å²) < 4.78 is 10.5. The lowest BCUT2D eigenvalue weighted by Crippen LogP contribution is -2.42. The maximum Gasteiger partial charge on any atom is 0.309 e. The molecule has 1 aliphatic carbocycles. The maximum absolute atomic E-state index is 13.0. The molecule has 0 aliphatic heterocycles. The number of ketones is 1. The van der Waals surface area contributed by atoms with Gasteiger partial charge in [0.2, 0.25) is 0 Å². The lowest BCUT2D eigenvalue weighted by atomic mass is 9.64. The molecule has 126 valence electrons. The first kappa shape index (κ1) is 17.3. The van der Waals surface area contributed by atoms with E-state index in [2.05, 4.69) is 0 Å². The summed E-state index contributed by atoms with van der Waals surface area (Å²) in [5, 5.41) is 9.59. The van der Waals surface area contributed by atoms with Gasteiger partial charge in [-0.25, -0.2) is 0 Å². The molecular weight excluding hydrogens is 296 g/mol. The monoisotopic (exact) mass is 320 g/mol. The van der Waals surface area contributed by atoms with Gasteiger partial charge in [0, 0.05) is 12.0 Å². The smallest absolute Gasteiger partial charge is 0.309 e. The van der Waals surface area contributed by atoms with Gasteiger partial charge in [-0.1, -0.05) is 13.8 Å². The molecular formula is C18H24O5. The van der Waals surface area contributed by atoms with Gasteiger partial charge < -0.3 is 14.6 Å². The van der Waals surface area contributed by atoms with Crippen molar-refractivity contribution in [1.82, 2.24) is 0 Å². The van der Waals surface area contributed by atoms with Crippen molar-refractivity contribution in [2.24, 2.45) is 16.7 Å². The van der Waals surface area contributed by atoms with Crippen LogP contribution in [0.4, 0.5) is 0 Å². The molecule has 0 amide bonds. The Morgan fingerprint density at radius 2 is 1.83 bits per heavy atom. The average molecular weight is 320 g/mol. The van der Waals surface area contributed by atoms with Gasteiger partial charge in [0.25, 0.3) is 0 Å². The van der Waals surface area contributed by atoms with E-state index < -0.39 is 16.8 Å². The molecule has 0 bridgehead atoms. The van der Waals surface area contributed by atoms with Crippen molar-refractivity contribution in [1.29, 1.82) is 0 Å². The molecule has 0 saturated heterocycles. The Labute approximate surface area is 136 Å². The standard InChI is InChI=1S/C18H24O5/c1-17(2)13(8-9-18(17,3)16(20)21)15(19)12-7-6-11(22-4)10-14(12)23-5/h6-7,10,13H,8-9H2,1-5H3,(H,20,21)/t13-,18-/m1/s1. The minimum atomic E-state index is -0.910. The van der Waals surface area contributed by atoms with Crippen LogP contribution in [0.15, 0.2) is 18.2 Å². The van der Waals surface area contributed by atoms with Crippen molar-refractivity contribution in [2.45, 2.75) is 33.6 Å². The van der Waals surface area contributed by atoms with Crippen LogP contribution < -0.4 is 9.47 Å². The Balaban J connectivity index is 2.41. The highest BCUT2D eigenvalue weighted by molar-refractivity contribution is 6.01. The van der Waals surface area contributed by atoms with E-state index in [1.54, 1.807) is 32.2 Å². The molecule has 0 heterocycles. The third-order valence-corrected chi connectivity index (χ3v) is 5.69. The van der Waals surface area contributed by atoms with E-state index in [4.69, 9.17) is 9.47 Å². The van der Waals surface area contributed by atoms with Gasteiger partial charge in [-0.2, -0.15) is 0 Å². The molecule has 1 fully saturated rings. The maximum atomic E-state index is 13.0. The summed E-state index contributed by atoms with van der Waals surface area (Å²) in [6.45, 7) is 5.47. The highest BCUT2D eigenvalue weighted by atomic mass is 16.5. The van der Waals surface area contributed by atoms with Crippen LogP contribution in [0.5, 0.6) is 11.5 Å². The van der Waals surface area contributed by atoms with Gasteiger partial charge >= 0.3 is 5.97 Å². The summed E-state index contributed by atoms with van der Waals surface area (Å²) >= 11 is 0. The van der Waals surface area contributed by atoms with Crippen LogP contribution >= 0.6 is 0 Å². The SMILES string of the molecule is COc1ccc(C(=O)[C@H]2CC[C@](C)(C(=O)O)C2(C)C)c(OC)c1. The number of aliphatic carboxylic acids is 1. The fourth-order valence-electron chi connectivity index (χ4n) is 3.53. The molecule has 0 aromatic heterocycles. The Kier molecular flexibility index (Phi) is 4.42. The van der Waals surface area contributed by atoms with Crippen LogP contribution in [0.3, 0.4) is 0 Å². The molecule has 5 heteroatoms. The second-order valence-electron chi connectivity index (χ2n) is 6.88. The molecule has 2 atom stereocenters. The fraction of sp³-hybridized carbons (Fsp3) is 0.556. The van der Waals surface area contributed by atoms with Crippen molar-refractivity contribution >= 4 is 11.8 Å². The van der Waals surface area contributed by atoms with E-state index in [0.717, 1.165) is 0 Å². The van der Waals surface area contributed by atoms with E-state index in [1.165, 1.54) is 7.11 Å². The first-order chi connectivity index (χ1) is 10.7. The number of hydrogen-bond donors (Lipinski definition) is 1. The average Bonchev–Trinajstić information content (AvgIpc) is 2.77. The molecule has 5 nitrogen and oxygen atoms in total. The number of carbonyl (C=O) groups excluding carboxylic acids is 1. The van der Waals surface area contributed by atoms with Crippen molar-refractivity contribution < 1.29 is 24.2 Å². The summed E-state index contributed by atoms with van der Waals surface area (Å²) in [6, 6.07) is 5.08. The molecule has 0 radical (unpaired) electrons. The Bertz CT molecular complexity index is 634. The molecule has 0 unspecified atom stereocenters. The van der Waals surface area contributed by atoms with Gasteiger partial charge in [0.05, 0.1) is 25.2 Å². The number of carbonyl (C=O) groups is 2. The van der Waals surface area contributed by atoms with E-state index in [1.807, 2.05) is 13.8 Å². The molecule has 1 N–H and O–H groups in total. The number of rotatable bonds is 5. The Morgan fingerprint density at radius 3 is 2.30 bits per heavy atom. The zero-order chi connectivity index (χ0) is 17.4. The Morgan fingerprint density at radius 1 is 1.17 bits per heavy atom. The summed E-state index contributed by atoms with van der Waals surface area (Å²) in [5.41, 5.74) is -1.07. The number of ether oxygens (including phenoxy) is 2. The Hall–Kier alpha value is -2.04. The van der Waals surface area contributed by atoms with Crippen molar-refractivity contribution in [3.63, 3.8) is 0 Å². The lowest BCUT2D eigenvalue weighted by Gasteiger charge is -2.38. The molecule has 1 saturated carbocycles. The van der Waals surface area contributed by atoms with Crippen LogP contribution in [0.1, 0.15) is 44.0 Å². The minimum absolute atomic E-state index is 0.0699. The second kappa shape index (κ2) is 5.87. The quantitative estimate of drug-likeness (QED) is 0.842. The highest BCUT2D eigenvalue weighted by Crippen LogP contribution is 2.57. The van der Waals surface area contributed by atoms with Gasteiger partial charge in [-0.3, -0.25) is 9.59 Å². The summed E-state index contributed by atoms with van der Waals surface area (Å²) in [6.07, 6.45) is 1.05. The van der Waals surface area contributed by atoms with Gasteiger partial charge in [-0.15, -0.1) is 0 Å². The number of hydrogen-bond acceptors (Lipinski definition) is 4. The summed E-state index contributed by atoms with van der Waals surface area (Å²) in [5.74, 6) is -0.210. The normalized spacial score (nSPS) is 25.9. The third kappa shape index (κ3) is 2.58. The molecule has 2 rings (SSSR count). The number of Topliss-reactive ketones (excluding diaryl/α,β-unsaturated/α-hetero) is 1. The number of methoxy groups -OCH3 is 2.